The summed E-state index contributed by atoms with van der Waals surface area (Å²) in [5.74, 6) is -3.05. The molecule has 1 amide bonds. The fraction of sp³-hybridized carbons (Fsp3) is 0.389. The highest BCUT2D eigenvalue weighted by Crippen LogP contribution is 2.19. The second kappa shape index (κ2) is 10.5. The van der Waals surface area contributed by atoms with Crippen LogP contribution in [0.5, 0.6) is 0 Å². The molecule has 0 saturated carbocycles. The molecule has 1 aromatic carbocycles. The Kier molecular flexibility index (Phi) is 8.06. The van der Waals surface area contributed by atoms with Crippen LogP contribution >= 0.6 is 0 Å². The van der Waals surface area contributed by atoms with Gasteiger partial charge in [0.1, 0.15) is 0 Å². The highest BCUT2D eigenvalue weighted by molar-refractivity contribution is 5.90. The van der Waals surface area contributed by atoms with Crippen LogP contribution in [0, 0.1) is 11.3 Å². The number of carbonyl (C=O) groups is 2. The number of nitriles is 1. The summed E-state index contributed by atoms with van der Waals surface area (Å²) < 4.78 is 42.3. The predicted octanol–water partition coefficient (Wildman–Crippen LogP) is 1.35. The van der Waals surface area contributed by atoms with E-state index in [1.165, 1.54) is 0 Å². The van der Waals surface area contributed by atoms with Crippen molar-refractivity contribution >= 4 is 11.9 Å². The minimum Gasteiger partial charge on any atom is -0.475 e. The first-order valence-corrected chi connectivity index (χ1v) is 8.81. The van der Waals surface area contributed by atoms with Gasteiger partial charge in [-0.2, -0.15) is 18.4 Å². The largest absolute Gasteiger partial charge is 0.490 e. The second-order valence-corrected chi connectivity index (χ2v) is 6.37. The van der Waals surface area contributed by atoms with Crippen LogP contribution in [0.3, 0.4) is 0 Å². The number of halogens is 3. The standard InChI is InChI=1S/C16H17N5O3.C2HF3O2/c1-23-9-13-6-12(8-18-13)19-14(22)16-21-20-15(24-16)11-4-2-3-10(5-11)7-17;3-2(4,5)1(6)7/h2-5,12-13,18H,6,8-9H2,1H3,(H,19,22);(H,6,7)/t12-,13+;/m1./s1. The van der Waals surface area contributed by atoms with Crippen LogP contribution in [0.25, 0.3) is 11.5 Å². The number of aromatic nitrogens is 2. The fourth-order valence-electron chi connectivity index (χ4n) is 2.66. The number of rotatable bonds is 5. The number of hydrogen-bond acceptors (Lipinski definition) is 8. The van der Waals surface area contributed by atoms with E-state index in [2.05, 4.69) is 20.8 Å². The van der Waals surface area contributed by atoms with E-state index < -0.39 is 18.1 Å². The van der Waals surface area contributed by atoms with Crippen LogP contribution in [0.2, 0.25) is 0 Å². The summed E-state index contributed by atoms with van der Waals surface area (Å²) in [5, 5.41) is 29.9. The van der Waals surface area contributed by atoms with E-state index in [0.29, 0.717) is 24.3 Å². The summed E-state index contributed by atoms with van der Waals surface area (Å²) in [6, 6.07) is 9.04. The minimum absolute atomic E-state index is 0.00471. The smallest absolute Gasteiger partial charge is 0.475 e. The summed E-state index contributed by atoms with van der Waals surface area (Å²) in [6.07, 6.45) is -4.30. The van der Waals surface area contributed by atoms with Crippen LogP contribution < -0.4 is 10.6 Å². The molecule has 0 aliphatic carbocycles. The van der Waals surface area contributed by atoms with E-state index in [9.17, 15) is 18.0 Å². The number of alkyl halides is 3. The molecule has 3 rings (SSSR count). The number of carbonyl (C=O) groups excluding carboxylic acids is 1. The molecule has 1 fully saturated rings. The number of nitrogens with zero attached hydrogens (tertiary/aromatic N) is 3. The van der Waals surface area contributed by atoms with Gasteiger partial charge in [-0.05, 0) is 24.6 Å². The van der Waals surface area contributed by atoms with Gasteiger partial charge in [0.15, 0.2) is 0 Å². The van der Waals surface area contributed by atoms with Crippen LogP contribution in [0.1, 0.15) is 22.7 Å². The van der Waals surface area contributed by atoms with Crippen molar-refractivity contribution in [1.82, 2.24) is 20.8 Å². The van der Waals surface area contributed by atoms with Crippen molar-refractivity contribution in [2.75, 3.05) is 20.3 Å². The summed E-state index contributed by atoms with van der Waals surface area (Å²) >= 11 is 0. The Morgan fingerprint density at radius 3 is 2.74 bits per heavy atom. The van der Waals surface area contributed by atoms with Gasteiger partial charge in [0.05, 0.1) is 18.2 Å². The number of ether oxygens (including phenoxy) is 1. The quantitative estimate of drug-likeness (QED) is 0.625. The number of benzene rings is 1. The van der Waals surface area contributed by atoms with Gasteiger partial charge in [-0.25, -0.2) is 4.79 Å². The summed E-state index contributed by atoms with van der Waals surface area (Å²) in [6.45, 7) is 1.28. The van der Waals surface area contributed by atoms with E-state index in [-0.39, 0.29) is 23.9 Å². The van der Waals surface area contributed by atoms with Crippen molar-refractivity contribution < 1.29 is 37.0 Å². The molecule has 1 aromatic heterocycles. The first-order chi connectivity index (χ1) is 14.6. The highest BCUT2D eigenvalue weighted by atomic mass is 19.4. The Bertz CT molecular complexity index is 957. The molecule has 2 atom stereocenters. The Morgan fingerprint density at radius 2 is 2.13 bits per heavy atom. The van der Waals surface area contributed by atoms with E-state index in [0.717, 1.165) is 6.42 Å². The van der Waals surface area contributed by atoms with Crippen molar-refractivity contribution in [3.8, 4) is 17.5 Å². The maximum Gasteiger partial charge on any atom is 0.490 e. The van der Waals surface area contributed by atoms with Crippen molar-refractivity contribution in [1.29, 1.82) is 5.26 Å². The molecule has 0 unspecified atom stereocenters. The Labute approximate surface area is 174 Å². The fourth-order valence-corrected chi connectivity index (χ4v) is 2.66. The second-order valence-electron chi connectivity index (χ2n) is 6.37. The minimum atomic E-state index is -5.08. The Hall–Kier alpha value is -3.50. The molecule has 2 heterocycles. The molecule has 1 saturated heterocycles. The molecular weight excluding hydrogens is 423 g/mol. The number of nitrogens with one attached hydrogen (secondary N) is 2. The van der Waals surface area contributed by atoms with Gasteiger partial charge in [0, 0.05) is 31.3 Å². The lowest BCUT2D eigenvalue weighted by Crippen LogP contribution is -2.36. The third kappa shape index (κ3) is 7.05. The first-order valence-electron chi connectivity index (χ1n) is 8.81. The maximum atomic E-state index is 12.2. The molecular formula is C18H18F3N5O5. The number of carboxylic acids is 1. The van der Waals surface area contributed by atoms with Crippen LogP contribution in [-0.4, -0.2) is 65.7 Å². The third-order valence-electron chi connectivity index (χ3n) is 4.03. The molecule has 1 aliphatic rings. The van der Waals surface area contributed by atoms with E-state index in [1.54, 1.807) is 31.4 Å². The Balaban J connectivity index is 0.000000423. The zero-order chi connectivity index (χ0) is 23.0. The number of aliphatic carboxylic acids is 1. The number of carboxylic acid groups (broad SMARTS) is 1. The number of hydrogen-bond donors (Lipinski definition) is 3. The topological polar surface area (TPSA) is 150 Å². The molecule has 13 heteroatoms. The lowest BCUT2D eigenvalue weighted by molar-refractivity contribution is -0.192. The molecule has 3 N–H and O–H groups in total. The zero-order valence-corrected chi connectivity index (χ0v) is 16.1. The van der Waals surface area contributed by atoms with E-state index in [1.807, 2.05) is 6.07 Å². The van der Waals surface area contributed by atoms with E-state index >= 15 is 0 Å². The van der Waals surface area contributed by atoms with Crippen LogP contribution in [0.15, 0.2) is 28.7 Å². The van der Waals surface area contributed by atoms with Crippen molar-refractivity contribution in [2.24, 2.45) is 0 Å². The van der Waals surface area contributed by atoms with Gasteiger partial charge in [0.2, 0.25) is 5.89 Å². The van der Waals surface area contributed by atoms with E-state index in [4.69, 9.17) is 24.3 Å². The molecule has 31 heavy (non-hydrogen) atoms. The lowest BCUT2D eigenvalue weighted by atomic mass is 10.1. The van der Waals surface area contributed by atoms with Gasteiger partial charge in [-0.1, -0.05) is 6.07 Å². The van der Waals surface area contributed by atoms with Gasteiger partial charge in [-0.15, -0.1) is 10.2 Å². The van der Waals surface area contributed by atoms with Gasteiger partial charge in [-0.3, -0.25) is 4.79 Å². The van der Waals surface area contributed by atoms with Crippen LogP contribution in [-0.2, 0) is 9.53 Å². The molecule has 2 aromatic rings. The molecule has 0 radical (unpaired) electrons. The molecule has 0 bridgehead atoms. The predicted molar refractivity (Wildman–Crippen MR) is 97.7 cm³/mol. The summed E-state index contributed by atoms with van der Waals surface area (Å²) in [5.41, 5.74) is 1.08. The SMILES string of the molecule is COC[C@@H]1C[C@@H](NC(=O)c2nnc(-c3cccc(C#N)c3)o2)CN1.O=C(O)C(F)(F)F. The monoisotopic (exact) mass is 441 g/mol. The molecule has 1 aliphatic heterocycles. The number of methoxy groups -OCH3 is 1. The van der Waals surface area contributed by atoms with Gasteiger partial charge >= 0.3 is 23.9 Å². The average molecular weight is 441 g/mol. The summed E-state index contributed by atoms with van der Waals surface area (Å²) in [4.78, 5) is 21.1. The van der Waals surface area contributed by atoms with Crippen LogP contribution in [0.4, 0.5) is 13.2 Å². The summed E-state index contributed by atoms with van der Waals surface area (Å²) in [7, 11) is 1.65. The van der Waals surface area contributed by atoms with Crippen molar-refractivity contribution in [2.45, 2.75) is 24.7 Å². The Morgan fingerprint density at radius 1 is 1.42 bits per heavy atom. The van der Waals surface area contributed by atoms with Gasteiger partial charge in [0.25, 0.3) is 0 Å². The molecule has 166 valence electrons. The third-order valence-corrected chi connectivity index (χ3v) is 4.03. The maximum absolute atomic E-state index is 12.2. The lowest BCUT2D eigenvalue weighted by Gasteiger charge is -2.10. The molecule has 10 nitrogen and oxygen atoms in total. The van der Waals surface area contributed by atoms with Gasteiger partial charge < -0.3 is 24.9 Å². The normalized spacial score (nSPS) is 17.9. The first kappa shape index (κ1) is 23.8. The highest BCUT2D eigenvalue weighted by Gasteiger charge is 2.38. The molecule has 0 spiro atoms. The zero-order valence-electron chi connectivity index (χ0n) is 16.1. The van der Waals surface area contributed by atoms with Crippen molar-refractivity contribution in [3.63, 3.8) is 0 Å². The van der Waals surface area contributed by atoms with Crippen molar-refractivity contribution in [3.05, 3.63) is 35.7 Å². The number of amides is 1. The average Bonchev–Trinajstić information content (AvgIpc) is 3.38.